The second-order valence-corrected chi connectivity index (χ2v) is 6.47. The summed E-state index contributed by atoms with van der Waals surface area (Å²) in [5.41, 5.74) is 3.98. The Balaban J connectivity index is 2.20. The SMILES string of the molecule is CCc1cc(Br)cc(CC)c1C(=O)NCc1ccc(Cl)cc1. The molecule has 0 saturated carbocycles. The van der Waals surface area contributed by atoms with Crippen LogP contribution in [0.3, 0.4) is 0 Å². The zero-order valence-corrected chi connectivity index (χ0v) is 15.1. The molecule has 0 aliphatic carbocycles. The lowest BCUT2D eigenvalue weighted by Crippen LogP contribution is -2.25. The van der Waals surface area contributed by atoms with E-state index in [4.69, 9.17) is 11.6 Å². The minimum atomic E-state index is -0.0175. The van der Waals surface area contributed by atoms with Gasteiger partial charge in [0.25, 0.3) is 5.91 Å². The van der Waals surface area contributed by atoms with Gasteiger partial charge in [-0.3, -0.25) is 4.79 Å². The number of amides is 1. The predicted molar refractivity (Wildman–Crippen MR) is 95.5 cm³/mol. The van der Waals surface area contributed by atoms with Crippen LogP contribution >= 0.6 is 27.5 Å². The summed E-state index contributed by atoms with van der Waals surface area (Å²) >= 11 is 9.39. The van der Waals surface area contributed by atoms with Crippen molar-refractivity contribution in [2.45, 2.75) is 33.2 Å². The van der Waals surface area contributed by atoms with Crippen molar-refractivity contribution in [1.82, 2.24) is 5.32 Å². The van der Waals surface area contributed by atoms with Crippen molar-refractivity contribution < 1.29 is 4.79 Å². The number of halogens is 2. The van der Waals surface area contributed by atoms with Crippen LogP contribution in [-0.2, 0) is 19.4 Å². The third kappa shape index (κ3) is 4.11. The van der Waals surface area contributed by atoms with Crippen molar-refractivity contribution >= 4 is 33.4 Å². The van der Waals surface area contributed by atoms with Crippen molar-refractivity contribution in [2.24, 2.45) is 0 Å². The Labute approximate surface area is 145 Å². The number of carbonyl (C=O) groups excluding carboxylic acids is 1. The highest BCUT2D eigenvalue weighted by molar-refractivity contribution is 9.10. The van der Waals surface area contributed by atoms with Gasteiger partial charge in [-0.1, -0.05) is 53.5 Å². The van der Waals surface area contributed by atoms with Crippen molar-refractivity contribution in [2.75, 3.05) is 0 Å². The lowest BCUT2D eigenvalue weighted by Gasteiger charge is -2.14. The van der Waals surface area contributed by atoms with E-state index >= 15 is 0 Å². The number of hydrogen-bond donors (Lipinski definition) is 1. The van der Waals surface area contributed by atoms with Crippen molar-refractivity contribution in [3.8, 4) is 0 Å². The first-order valence-corrected chi connectivity index (χ1v) is 8.56. The summed E-state index contributed by atoms with van der Waals surface area (Å²) in [7, 11) is 0. The van der Waals surface area contributed by atoms with E-state index in [0.29, 0.717) is 11.6 Å². The second-order valence-electron chi connectivity index (χ2n) is 5.12. The van der Waals surface area contributed by atoms with Crippen molar-refractivity contribution in [3.63, 3.8) is 0 Å². The molecule has 2 nitrogen and oxygen atoms in total. The smallest absolute Gasteiger partial charge is 0.252 e. The number of nitrogens with one attached hydrogen (secondary N) is 1. The largest absolute Gasteiger partial charge is 0.348 e. The normalized spacial score (nSPS) is 10.5. The van der Waals surface area contributed by atoms with Gasteiger partial charge >= 0.3 is 0 Å². The minimum Gasteiger partial charge on any atom is -0.348 e. The molecular weight excluding hydrogens is 362 g/mol. The van der Waals surface area contributed by atoms with E-state index in [9.17, 15) is 4.79 Å². The van der Waals surface area contributed by atoms with E-state index < -0.39 is 0 Å². The molecule has 2 rings (SSSR count). The Morgan fingerprint density at radius 3 is 2.14 bits per heavy atom. The molecule has 0 aliphatic heterocycles. The van der Waals surface area contributed by atoms with Gasteiger partial charge in [-0.05, 0) is 53.8 Å². The van der Waals surface area contributed by atoms with E-state index in [1.54, 1.807) is 0 Å². The van der Waals surface area contributed by atoms with Crippen LogP contribution in [0.15, 0.2) is 40.9 Å². The first-order valence-electron chi connectivity index (χ1n) is 7.39. The Hall–Kier alpha value is -1.32. The molecule has 22 heavy (non-hydrogen) atoms. The summed E-state index contributed by atoms with van der Waals surface area (Å²) in [5.74, 6) is -0.0175. The van der Waals surface area contributed by atoms with Crippen LogP contribution in [0.25, 0.3) is 0 Å². The third-order valence-corrected chi connectivity index (χ3v) is 4.33. The van der Waals surface area contributed by atoms with E-state index in [1.165, 1.54) is 0 Å². The molecule has 0 saturated heterocycles. The summed E-state index contributed by atoms with van der Waals surface area (Å²) in [6.07, 6.45) is 1.66. The zero-order chi connectivity index (χ0) is 16.1. The number of benzene rings is 2. The maximum absolute atomic E-state index is 12.6. The molecule has 1 N–H and O–H groups in total. The van der Waals surface area contributed by atoms with Gasteiger partial charge in [0, 0.05) is 21.6 Å². The Morgan fingerprint density at radius 1 is 1.09 bits per heavy atom. The Bertz CT molecular complexity index is 642. The van der Waals surface area contributed by atoms with E-state index in [2.05, 4.69) is 35.1 Å². The molecule has 0 heterocycles. The Kier molecular flexibility index (Phi) is 6.04. The fraction of sp³-hybridized carbons (Fsp3) is 0.278. The molecule has 0 unspecified atom stereocenters. The van der Waals surface area contributed by atoms with E-state index in [1.807, 2.05) is 36.4 Å². The molecule has 1 amide bonds. The first kappa shape index (κ1) is 17.0. The molecule has 0 bridgehead atoms. The van der Waals surface area contributed by atoms with E-state index in [-0.39, 0.29) is 5.91 Å². The summed E-state index contributed by atoms with van der Waals surface area (Å²) in [5, 5.41) is 3.70. The number of rotatable bonds is 5. The van der Waals surface area contributed by atoms with Crippen LogP contribution in [-0.4, -0.2) is 5.91 Å². The van der Waals surface area contributed by atoms with Crippen molar-refractivity contribution in [3.05, 3.63) is 68.1 Å². The second kappa shape index (κ2) is 7.80. The van der Waals surface area contributed by atoms with Gasteiger partial charge in [0.2, 0.25) is 0 Å². The molecule has 0 spiro atoms. The van der Waals surface area contributed by atoms with Gasteiger partial charge in [-0.15, -0.1) is 0 Å². The maximum Gasteiger partial charge on any atom is 0.252 e. The minimum absolute atomic E-state index is 0.0175. The maximum atomic E-state index is 12.6. The van der Waals surface area contributed by atoms with Crippen molar-refractivity contribution in [1.29, 1.82) is 0 Å². The molecule has 0 fully saturated rings. The third-order valence-electron chi connectivity index (χ3n) is 3.62. The molecular formula is C18H19BrClNO. The van der Waals surface area contributed by atoms with Crippen LogP contribution < -0.4 is 5.32 Å². The van der Waals surface area contributed by atoms with Gasteiger partial charge in [0.1, 0.15) is 0 Å². The lowest BCUT2D eigenvalue weighted by molar-refractivity contribution is 0.0949. The summed E-state index contributed by atoms with van der Waals surface area (Å²) < 4.78 is 1.02. The molecule has 0 radical (unpaired) electrons. The average Bonchev–Trinajstić information content (AvgIpc) is 2.53. The number of aryl methyl sites for hydroxylation is 2. The summed E-state index contributed by atoms with van der Waals surface area (Å²) in [4.78, 5) is 12.6. The van der Waals surface area contributed by atoms with Gasteiger partial charge in [0.15, 0.2) is 0 Å². The molecule has 116 valence electrons. The van der Waals surface area contributed by atoms with Crippen LogP contribution in [0.1, 0.15) is 40.9 Å². The highest BCUT2D eigenvalue weighted by atomic mass is 79.9. The molecule has 2 aromatic carbocycles. The number of carbonyl (C=O) groups is 1. The van der Waals surface area contributed by atoms with Gasteiger partial charge in [-0.2, -0.15) is 0 Å². The fourth-order valence-corrected chi connectivity index (χ4v) is 3.13. The topological polar surface area (TPSA) is 29.1 Å². The quantitative estimate of drug-likeness (QED) is 0.763. The Morgan fingerprint density at radius 2 is 1.64 bits per heavy atom. The highest BCUT2D eigenvalue weighted by Crippen LogP contribution is 2.23. The standard InChI is InChI=1S/C18H19BrClNO/c1-3-13-9-15(19)10-14(4-2)17(13)18(22)21-11-12-5-7-16(20)8-6-12/h5-10H,3-4,11H2,1-2H3,(H,21,22). The average molecular weight is 381 g/mol. The first-order chi connectivity index (χ1) is 10.5. The lowest BCUT2D eigenvalue weighted by atomic mass is 9.97. The molecule has 0 aliphatic rings. The van der Waals surface area contributed by atoms with Crippen LogP contribution in [0.5, 0.6) is 0 Å². The molecule has 0 aromatic heterocycles. The van der Waals surface area contributed by atoms with Gasteiger partial charge in [-0.25, -0.2) is 0 Å². The van der Waals surface area contributed by atoms with Crippen LogP contribution in [0.2, 0.25) is 5.02 Å². The monoisotopic (exact) mass is 379 g/mol. The van der Waals surface area contributed by atoms with Gasteiger partial charge in [0.05, 0.1) is 0 Å². The predicted octanol–water partition coefficient (Wildman–Crippen LogP) is 5.16. The molecule has 0 atom stereocenters. The van der Waals surface area contributed by atoms with Crippen LogP contribution in [0.4, 0.5) is 0 Å². The van der Waals surface area contributed by atoms with Crippen LogP contribution in [0, 0.1) is 0 Å². The highest BCUT2D eigenvalue weighted by Gasteiger charge is 2.15. The summed E-state index contributed by atoms with van der Waals surface area (Å²) in [6, 6.07) is 11.6. The molecule has 2 aromatic rings. The van der Waals surface area contributed by atoms with Gasteiger partial charge < -0.3 is 5.32 Å². The number of hydrogen-bond acceptors (Lipinski definition) is 1. The van der Waals surface area contributed by atoms with E-state index in [0.717, 1.165) is 39.6 Å². The summed E-state index contributed by atoms with van der Waals surface area (Å²) in [6.45, 7) is 4.63. The molecule has 4 heteroatoms. The zero-order valence-electron chi connectivity index (χ0n) is 12.7. The fourth-order valence-electron chi connectivity index (χ4n) is 2.45.